The quantitative estimate of drug-likeness (QED) is 0.806. The highest BCUT2D eigenvalue weighted by Gasteiger charge is 2.19. The van der Waals surface area contributed by atoms with Crippen LogP contribution < -0.4 is 15.4 Å². The normalized spacial score (nSPS) is 11.4. The Morgan fingerprint density at radius 2 is 1.77 bits per heavy atom. The van der Waals surface area contributed by atoms with Gasteiger partial charge in [-0.25, -0.2) is 4.79 Å². The molecule has 26 heavy (non-hydrogen) atoms. The summed E-state index contributed by atoms with van der Waals surface area (Å²) in [5.74, 6) is 0.306. The fraction of sp³-hybridized carbons (Fsp3) is 0.263. The van der Waals surface area contributed by atoms with Crippen molar-refractivity contribution in [2.24, 2.45) is 0 Å². The summed E-state index contributed by atoms with van der Waals surface area (Å²) in [6.45, 7) is 3.35. The molecular formula is C19H22ClN3O3. The van der Waals surface area contributed by atoms with E-state index in [1.165, 1.54) is 14.0 Å². The Kier molecular flexibility index (Phi) is 6.46. The van der Waals surface area contributed by atoms with Crippen LogP contribution in [0, 0.1) is 0 Å². The maximum atomic E-state index is 12.6. The van der Waals surface area contributed by atoms with Gasteiger partial charge in [0.2, 0.25) is 5.91 Å². The van der Waals surface area contributed by atoms with Gasteiger partial charge in [0.15, 0.2) is 0 Å². The van der Waals surface area contributed by atoms with Crippen molar-refractivity contribution in [3.63, 3.8) is 0 Å². The average Bonchev–Trinajstić information content (AvgIpc) is 2.61. The van der Waals surface area contributed by atoms with Crippen molar-refractivity contribution in [2.75, 3.05) is 24.8 Å². The zero-order chi connectivity index (χ0) is 19.3. The zero-order valence-electron chi connectivity index (χ0n) is 15.2. The molecule has 0 spiro atoms. The summed E-state index contributed by atoms with van der Waals surface area (Å²) in [6, 6.07) is 11.9. The minimum atomic E-state index is -0.300. The van der Waals surface area contributed by atoms with Gasteiger partial charge in [-0.15, -0.1) is 0 Å². The van der Waals surface area contributed by atoms with Gasteiger partial charge in [0.05, 0.1) is 18.8 Å². The van der Waals surface area contributed by atoms with Crippen LogP contribution in [0.4, 0.5) is 16.2 Å². The van der Waals surface area contributed by atoms with E-state index in [0.29, 0.717) is 22.1 Å². The maximum absolute atomic E-state index is 12.6. The molecule has 0 heterocycles. The summed E-state index contributed by atoms with van der Waals surface area (Å²) in [5, 5.41) is 6.15. The zero-order valence-corrected chi connectivity index (χ0v) is 15.9. The van der Waals surface area contributed by atoms with E-state index in [4.69, 9.17) is 16.3 Å². The van der Waals surface area contributed by atoms with E-state index in [9.17, 15) is 9.59 Å². The number of carbonyl (C=O) groups is 2. The van der Waals surface area contributed by atoms with Gasteiger partial charge in [0.25, 0.3) is 0 Å². The molecule has 0 aliphatic heterocycles. The lowest BCUT2D eigenvalue weighted by molar-refractivity contribution is -0.114. The third kappa shape index (κ3) is 4.89. The third-order valence-electron chi connectivity index (χ3n) is 4.02. The molecule has 2 aromatic rings. The van der Waals surface area contributed by atoms with Crippen molar-refractivity contribution in [1.29, 1.82) is 0 Å². The first-order valence-electron chi connectivity index (χ1n) is 8.06. The minimum Gasteiger partial charge on any atom is -0.495 e. The van der Waals surface area contributed by atoms with Crippen LogP contribution in [0.5, 0.6) is 5.75 Å². The van der Waals surface area contributed by atoms with Gasteiger partial charge in [-0.05, 0) is 42.8 Å². The molecule has 0 radical (unpaired) electrons. The number of hydrogen-bond acceptors (Lipinski definition) is 3. The van der Waals surface area contributed by atoms with Crippen molar-refractivity contribution in [3.8, 4) is 5.75 Å². The Morgan fingerprint density at radius 1 is 1.12 bits per heavy atom. The van der Waals surface area contributed by atoms with Gasteiger partial charge in [-0.1, -0.05) is 23.7 Å². The molecule has 0 fully saturated rings. The Morgan fingerprint density at radius 3 is 2.35 bits per heavy atom. The minimum absolute atomic E-state index is 0.156. The number of anilines is 2. The number of carbonyl (C=O) groups excluding carboxylic acids is 2. The topological polar surface area (TPSA) is 70.7 Å². The van der Waals surface area contributed by atoms with Gasteiger partial charge >= 0.3 is 6.03 Å². The SMILES string of the molecule is COc1ccc(NC(C)=O)cc1NC(=O)N(C)[C@@H](C)c1ccc(Cl)cc1. The summed E-state index contributed by atoms with van der Waals surface area (Å²) in [6.07, 6.45) is 0. The Bertz CT molecular complexity index is 793. The number of ether oxygens (including phenoxy) is 1. The van der Waals surface area contributed by atoms with Crippen LogP contribution in [-0.4, -0.2) is 31.0 Å². The highest BCUT2D eigenvalue weighted by atomic mass is 35.5. The van der Waals surface area contributed by atoms with Crippen LogP contribution in [0.1, 0.15) is 25.5 Å². The number of halogens is 1. The second-order valence-electron chi connectivity index (χ2n) is 5.86. The molecule has 0 aliphatic rings. The number of urea groups is 1. The summed E-state index contributed by atoms with van der Waals surface area (Å²) in [7, 11) is 3.22. The number of nitrogens with one attached hydrogen (secondary N) is 2. The molecule has 6 nitrogen and oxygen atoms in total. The average molecular weight is 376 g/mol. The number of methoxy groups -OCH3 is 1. The molecule has 0 saturated heterocycles. The van der Waals surface area contributed by atoms with Crippen LogP contribution in [-0.2, 0) is 4.79 Å². The monoisotopic (exact) mass is 375 g/mol. The molecule has 7 heteroatoms. The lowest BCUT2D eigenvalue weighted by atomic mass is 10.1. The van der Waals surface area contributed by atoms with E-state index in [-0.39, 0.29) is 18.0 Å². The first kappa shape index (κ1) is 19.6. The smallest absolute Gasteiger partial charge is 0.322 e. The highest BCUT2D eigenvalue weighted by Crippen LogP contribution is 2.29. The lowest BCUT2D eigenvalue weighted by Gasteiger charge is -2.26. The van der Waals surface area contributed by atoms with Crippen molar-refractivity contribution in [2.45, 2.75) is 19.9 Å². The molecule has 0 bridgehead atoms. The predicted octanol–water partition coefficient (Wildman–Crippen LogP) is 4.53. The van der Waals surface area contributed by atoms with Crippen LogP contribution in [0.15, 0.2) is 42.5 Å². The van der Waals surface area contributed by atoms with Crippen molar-refractivity contribution in [3.05, 3.63) is 53.1 Å². The van der Waals surface area contributed by atoms with E-state index in [1.807, 2.05) is 19.1 Å². The van der Waals surface area contributed by atoms with Crippen molar-refractivity contribution in [1.82, 2.24) is 4.90 Å². The fourth-order valence-electron chi connectivity index (χ4n) is 2.43. The van der Waals surface area contributed by atoms with Crippen molar-refractivity contribution >= 4 is 34.9 Å². The predicted molar refractivity (Wildman–Crippen MR) is 104 cm³/mol. The van der Waals surface area contributed by atoms with Crippen LogP contribution in [0.2, 0.25) is 5.02 Å². The van der Waals surface area contributed by atoms with E-state index < -0.39 is 0 Å². The third-order valence-corrected chi connectivity index (χ3v) is 4.27. The molecule has 2 rings (SSSR count). The van der Waals surface area contributed by atoms with Gasteiger partial charge < -0.3 is 20.3 Å². The van der Waals surface area contributed by atoms with Gasteiger partial charge in [-0.2, -0.15) is 0 Å². The molecule has 0 aliphatic carbocycles. The number of hydrogen-bond donors (Lipinski definition) is 2. The molecule has 2 aromatic carbocycles. The molecule has 1 atom stereocenters. The number of amides is 3. The second-order valence-corrected chi connectivity index (χ2v) is 6.30. The fourth-order valence-corrected chi connectivity index (χ4v) is 2.56. The standard InChI is InChI=1S/C19H22ClN3O3/c1-12(14-5-7-15(20)8-6-14)23(3)19(25)22-17-11-16(21-13(2)24)9-10-18(17)26-4/h5-12H,1-4H3,(H,21,24)(H,22,25)/t12-/m0/s1. The molecule has 0 unspecified atom stereocenters. The summed E-state index contributed by atoms with van der Waals surface area (Å²) in [4.78, 5) is 25.5. The van der Waals surface area contributed by atoms with E-state index in [2.05, 4.69) is 10.6 Å². The lowest BCUT2D eigenvalue weighted by Crippen LogP contribution is -2.33. The summed E-state index contributed by atoms with van der Waals surface area (Å²) < 4.78 is 5.28. The molecular weight excluding hydrogens is 354 g/mol. The highest BCUT2D eigenvalue weighted by molar-refractivity contribution is 6.30. The molecule has 2 N–H and O–H groups in total. The largest absolute Gasteiger partial charge is 0.495 e. The Labute approximate surface area is 158 Å². The summed E-state index contributed by atoms with van der Waals surface area (Å²) in [5.41, 5.74) is 2.01. The summed E-state index contributed by atoms with van der Waals surface area (Å²) >= 11 is 5.91. The number of nitrogens with zero attached hydrogens (tertiary/aromatic N) is 1. The molecule has 3 amide bonds. The number of benzene rings is 2. The second kappa shape index (κ2) is 8.58. The molecule has 138 valence electrons. The Hall–Kier alpha value is -2.73. The molecule has 0 aromatic heterocycles. The first-order valence-corrected chi connectivity index (χ1v) is 8.44. The molecule has 0 saturated carbocycles. The van der Waals surface area contributed by atoms with Crippen LogP contribution in [0.25, 0.3) is 0 Å². The maximum Gasteiger partial charge on any atom is 0.322 e. The van der Waals surface area contributed by atoms with E-state index in [0.717, 1.165) is 5.56 Å². The van der Waals surface area contributed by atoms with Crippen LogP contribution in [0.3, 0.4) is 0 Å². The number of rotatable bonds is 5. The van der Waals surface area contributed by atoms with Crippen LogP contribution >= 0.6 is 11.6 Å². The van der Waals surface area contributed by atoms with Gasteiger partial charge in [0.1, 0.15) is 5.75 Å². The van der Waals surface area contributed by atoms with Crippen molar-refractivity contribution < 1.29 is 14.3 Å². The first-order chi connectivity index (χ1) is 12.3. The van der Waals surface area contributed by atoms with E-state index in [1.54, 1.807) is 42.3 Å². The Balaban J connectivity index is 2.16. The van der Waals surface area contributed by atoms with Gasteiger partial charge in [0, 0.05) is 24.7 Å². The van der Waals surface area contributed by atoms with Gasteiger partial charge in [-0.3, -0.25) is 4.79 Å². The van der Waals surface area contributed by atoms with E-state index >= 15 is 0 Å².